The van der Waals surface area contributed by atoms with Crippen LogP contribution in [0.2, 0.25) is 36.3 Å². The van der Waals surface area contributed by atoms with E-state index in [2.05, 4.69) is 80.9 Å². The van der Waals surface area contributed by atoms with Gasteiger partial charge in [-0.05, 0) is 132 Å². The van der Waals surface area contributed by atoms with Gasteiger partial charge in [-0.1, -0.05) is 102 Å². The van der Waals surface area contributed by atoms with Crippen LogP contribution in [-0.4, -0.2) is 41.1 Å². The molecule has 0 spiro atoms. The summed E-state index contributed by atoms with van der Waals surface area (Å²) >= 11 is 0. The summed E-state index contributed by atoms with van der Waals surface area (Å²) in [6.07, 6.45) is 8.95. The summed E-state index contributed by atoms with van der Waals surface area (Å²) in [5, 5.41) is 23.2. The molecule has 0 amide bonds. The average Bonchev–Trinajstić information content (AvgIpc) is 3.66. The molecule has 0 radical (unpaired) electrons. The molecule has 1 aliphatic carbocycles. The molecule has 4 aromatic rings. The molecule has 4 aromatic carbocycles. The Morgan fingerprint density at radius 2 is 1.05 bits per heavy atom. The Labute approximate surface area is 372 Å². The third-order valence-corrected chi connectivity index (χ3v) is 21.9. The van der Waals surface area contributed by atoms with Gasteiger partial charge in [0.2, 0.25) is 0 Å². The van der Waals surface area contributed by atoms with Gasteiger partial charge in [-0.15, -0.1) is 13.2 Å². The van der Waals surface area contributed by atoms with Crippen molar-refractivity contribution in [1.29, 1.82) is 0 Å². The summed E-state index contributed by atoms with van der Waals surface area (Å²) in [5.74, 6) is 0.418. The lowest BCUT2D eigenvalue weighted by Crippen LogP contribution is -2.40. The minimum Gasteiger partial charge on any atom is -0.497 e. The van der Waals surface area contributed by atoms with Gasteiger partial charge in [0, 0.05) is 11.1 Å². The maximum absolute atomic E-state index is 14.9. The summed E-state index contributed by atoms with van der Waals surface area (Å²) in [5.41, 5.74) is 3.09. The quantitative estimate of drug-likeness (QED) is 0.0862. The van der Waals surface area contributed by atoms with Gasteiger partial charge in [-0.25, -0.2) is 8.78 Å². The van der Waals surface area contributed by atoms with Gasteiger partial charge in [-0.2, -0.15) is 0 Å². The lowest BCUT2D eigenvalue weighted by atomic mass is 9.81. The summed E-state index contributed by atoms with van der Waals surface area (Å²) in [4.78, 5) is 0. The third kappa shape index (κ3) is 11.9. The highest BCUT2D eigenvalue weighted by atomic mass is 28.4. The molecule has 0 bridgehead atoms. The van der Waals surface area contributed by atoms with Crippen molar-refractivity contribution in [2.45, 2.75) is 128 Å². The van der Waals surface area contributed by atoms with Crippen molar-refractivity contribution in [2.75, 3.05) is 14.2 Å². The number of benzene rings is 4. The standard InChI is InChI=1S/C27H37FO3Si.C25H33FO3Si/c1-9-15-27(29,16-10-2)24-17-20(19-31-32(7,8)26(3,4)5)11-13-22(24)23-18-21(30-6)12-14-25(23)28;1-24(2,3)30(5,6)29-17-18-9-11-20(21-16-19(28-4)10-12-23(21)26)22(15-18)25(27)13-7-8-14-25/h9-14,17-18,29H,1-2,15-16,19H2,3-8H3;7-12,15-16,27H,13-14,17H2,1-6H3. The van der Waals surface area contributed by atoms with E-state index in [0.29, 0.717) is 78.2 Å². The summed E-state index contributed by atoms with van der Waals surface area (Å²) in [6, 6.07) is 20.9. The predicted octanol–water partition coefficient (Wildman–Crippen LogP) is 13.9. The van der Waals surface area contributed by atoms with Crippen molar-refractivity contribution in [3.8, 4) is 33.8 Å². The molecule has 0 aromatic heterocycles. The van der Waals surface area contributed by atoms with Gasteiger partial charge in [0.05, 0.1) is 38.6 Å². The maximum atomic E-state index is 14.9. The molecule has 0 aliphatic heterocycles. The molecule has 0 saturated carbocycles. The van der Waals surface area contributed by atoms with E-state index in [9.17, 15) is 19.0 Å². The fourth-order valence-corrected chi connectivity index (χ4v) is 8.80. The molecule has 5 rings (SSSR count). The Balaban J connectivity index is 0.000000273. The van der Waals surface area contributed by atoms with Crippen LogP contribution in [0.25, 0.3) is 22.3 Å². The highest BCUT2D eigenvalue weighted by Crippen LogP contribution is 2.44. The van der Waals surface area contributed by atoms with E-state index in [1.165, 1.54) is 12.1 Å². The van der Waals surface area contributed by atoms with E-state index < -0.39 is 27.8 Å². The van der Waals surface area contributed by atoms with E-state index >= 15 is 0 Å². The average molecular weight is 885 g/mol. The van der Waals surface area contributed by atoms with Crippen molar-refractivity contribution in [1.82, 2.24) is 0 Å². The molecule has 62 heavy (non-hydrogen) atoms. The Hall–Kier alpha value is -4.17. The Kier molecular flexibility index (Phi) is 16.4. The van der Waals surface area contributed by atoms with Gasteiger partial charge < -0.3 is 28.5 Å². The molecule has 2 N–H and O–H groups in total. The summed E-state index contributed by atoms with van der Waals surface area (Å²) in [7, 11) is -0.747. The fourth-order valence-electron chi connectivity index (χ4n) is 6.88. The second kappa shape index (κ2) is 20.1. The first-order valence-corrected chi connectivity index (χ1v) is 27.2. The lowest BCUT2D eigenvalue weighted by molar-refractivity contribution is 0.0434. The second-order valence-electron chi connectivity index (χ2n) is 19.5. The highest BCUT2D eigenvalue weighted by Gasteiger charge is 2.39. The van der Waals surface area contributed by atoms with Gasteiger partial charge in [0.15, 0.2) is 16.6 Å². The molecule has 0 fully saturated rings. The number of ether oxygens (including phenoxy) is 2. The third-order valence-electron chi connectivity index (χ3n) is 13.0. The van der Waals surface area contributed by atoms with Gasteiger partial charge >= 0.3 is 0 Å². The second-order valence-corrected chi connectivity index (χ2v) is 29.1. The van der Waals surface area contributed by atoms with Crippen LogP contribution in [0, 0.1) is 11.6 Å². The van der Waals surface area contributed by atoms with Gasteiger partial charge in [0.1, 0.15) is 23.1 Å². The molecule has 336 valence electrons. The van der Waals surface area contributed by atoms with Crippen molar-refractivity contribution < 1.29 is 37.3 Å². The van der Waals surface area contributed by atoms with Gasteiger partial charge in [0.25, 0.3) is 0 Å². The van der Waals surface area contributed by atoms with Crippen LogP contribution >= 0.6 is 0 Å². The normalized spacial score (nSPS) is 14.3. The van der Waals surface area contributed by atoms with Crippen LogP contribution in [0.3, 0.4) is 0 Å². The predicted molar refractivity (Wildman–Crippen MR) is 257 cm³/mol. The zero-order valence-electron chi connectivity index (χ0n) is 39.2. The molecular formula is C52H70F2O6Si2. The number of aliphatic hydroxyl groups is 2. The van der Waals surface area contributed by atoms with Crippen LogP contribution in [-0.2, 0) is 33.3 Å². The summed E-state index contributed by atoms with van der Waals surface area (Å²) in [6.45, 7) is 30.6. The van der Waals surface area contributed by atoms with Gasteiger partial charge in [-0.3, -0.25) is 0 Å². The van der Waals surface area contributed by atoms with Crippen LogP contribution in [0.4, 0.5) is 8.78 Å². The first kappa shape index (κ1) is 50.5. The van der Waals surface area contributed by atoms with Crippen molar-refractivity contribution >= 4 is 16.6 Å². The number of methoxy groups -OCH3 is 2. The topological polar surface area (TPSA) is 77.4 Å². The molecule has 0 saturated heterocycles. The van der Waals surface area contributed by atoms with E-state index in [4.69, 9.17) is 18.3 Å². The fraction of sp³-hybridized carbons (Fsp3) is 0.423. The molecule has 6 nitrogen and oxygen atoms in total. The minimum atomic E-state index is -1.95. The highest BCUT2D eigenvalue weighted by molar-refractivity contribution is 6.74. The van der Waals surface area contributed by atoms with Crippen molar-refractivity contribution in [3.05, 3.63) is 144 Å². The number of rotatable bonds is 16. The molecule has 0 heterocycles. The SMILES string of the molecule is C=CCC(O)(CC=C)c1cc(CO[Si](C)(C)C(C)(C)C)ccc1-c1cc(OC)ccc1F.COc1ccc(F)c(-c2ccc(CO[Si](C)(C)C(C)(C)C)cc2C2(O)CC=CC2)c1. The molecule has 0 atom stereocenters. The summed E-state index contributed by atoms with van der Waals surface area (Å²) < 4.78 is 53.0. The van der Waals surface area contributed by atoms with E-state index in [1.54, 1.807) is 50.6 Å². The first-order valence-electron chi connectivity index (χ1n) is 21.4. The van der Waals surface area contributed by atoms with Crippen LogP contribution in [0.15, 0.2) is 110 Å². The minimum absolute atomic E-state index is 0.0892. The number of hydrogen-bond acceptors (Lipinski definition) is 6. The van der Waals surface area contributed by atoms with Crippen LogP contribution < -0.4 is 9.47 Å². The molecular weight excluding hydrogens is 815 g/mol. The van der Waals surface area contributed by atoms with E-state index in [0.717, 1.165) is 16.7 Å². The monoisotopic (exact) mass is 884 g/mol. The Morgan fingerprint density at radius 3 is 1.47 bits per heavy atom. The zero-order valence-corrected chi connectivity index (χ0v) is 41.2. The largest absolute Gasteiger partial charge is 0.497 e. The molecule has 0 unspecified atom stereocenters. The maximum Gasteiger partial charge on any atom is 0.192 e. The van der Waals surface area contributed by atoms with Crippen LogP contribution in [0.5, 0.6) is 11.5 Å². The van der Waals surface area contributed by atoms with Crippen LogP contribution in [0.1, 0.15) is 89.5 Å². The molecule has 1 aliphatic rings. The first-order chi connectivity index (χ1) is 28.8. The van der Waals surface area contributed by atoms with Crippen molar-refractivity contribution in [2.24, 2.45) is 0 Å². The van der Waals surface area contributed by atoms with E-state index in [-0.39, 0.29) is 21.7 Å². The Bertz CT molecular complexity index is 2200. The smallest absolute Gasteiger partial charge is 0.192 e. The van der Waals surface area contributed by atoms with E-state index in [1.807, 2.05) is 48.6 Å². The zero-order chi connectivity index (χ0) is 46.3. The van der Waals surface area contributed by atoms with Crippen molar-refractivity contribution in [3.63, 3.8) is 0 Å². The lowest BCUT2D eigenvalue weighted by Gasteiger charge is -2.36. The molecule has 10 heteroatoms. The number of halogens is 2. The number of hydrogen-bond donors (Lipinski definition) is 2. The Morgan fingerprint density at radius 1 is 0.629 bits per heavy atom.